The summed E-state index contributed by atoms with van der Waals surface area (Å²) in [5, 5.41) is 28.3. The van der Waals surface area contributed by atoms with Gasteiger partial charge in [-0.1, -0.05) is 30.3 Å². The molecule has 1 aliphatic rings. The zero-order chi connectivity index (χ0) is 13.0. The average Bonchev–Trinajstić information content (AvgIpc) is 2.38. The highest BCUT2D eigenvalue weighted by molar-refractivity contribution is 5.13. The molecule has 0 spiro atoms. The lowest BCUT2D eigenvalue weighted by Gasteiger charge is -2.36. The smallest absolute Gasteiger partial charge is 0.157 e. The van der Waals surface area contributed by atoms with Crippen molar-refractivity contribution in [3.63, 3.8) is 0 Å². The van der Waals surface area contributed by atoms with Crippen molar-refractivity contribution in [1.82, 2.24) is 0 Å². The zero-order valence-electron chi connectivity index (χ0n) is 9.98. The summed E-state index contributed by atoms with van der Waals surface area (Å²) in [6.07, 6.45) is -3.12. The van der Waals surface area contributed by atoms with Crippen molar-refractivity contribution in [2.24, 2.45) is 0 Å². The first-order valence-corrected chi connectivity index (χ1v) is 5.98. The first kappa shape index (κ1) is 13.5. The largest absolute Gasteiger partial charge is 0.394 e. The van der Waals surface area contributed by atoms with E-state index in [0.29, 0.717) is 6.61 Å². The van der Waals surface area contributed by atoms with Crippen molar-refractivity contribution in [2.75, 3.05) is 6.61 Å². The Balaban J connectivity index is 1.94. The van der Waals surface area contributed by atoms with Crippen LogP contribution in [0.1, 0.15) is 12.0 Å². The van der Waals surface area contributed by atoms with E-state index in [1.807, 2.05) is 30.3 Å². The molecule has 0 radical (unpaired) electrons. The fourth-order valence-electron chi connectivity index (χ4n) is 2.06. The Hall–Kier alpha value is -0.980. The Kier molecular flexibility index (Phi) is 4.68. The highest BCUT2D eigenvalue weighted by Crippen LogP contribution is 2.22. The maximum Gasteiger partial charge on any atom is 0.157 e. The van der Waals surface area contributed by atoms with Gasteiger partial charge in [0.2, 0.25) is 0 Å². The summed E-state index contributed by atoms with van der Waals surface area (Å²) in [7, 11) is 0. The van der Waals surface area contributed by atoms with Crippen LogP contribution in [0.5, 0.6) is 0 Å². The Morgan fingerprint density at radius 1 is 1.22 bits per heavy atom. The van der Waals surface area contributed by atoms with Gasteiger partial charge in [-0.05, 0) is 5.56 Å². The third-order valence-corrected chi connectivity index (χ3v) is 2.99. The van der Waals surface area contributed by atoms with Crippen molar-refractivity contribution in [2.45, 2.75) is 37.6 Å². The van der Waals surface area contributed by atoms with Gasteiger partial charge in [-0.3, -0.25) is 0 Å². The third-order valence-electron chi connectivity index (χ3n) is 2.99. The van der Waals surface area contributed by atoms with E-state index in [-0.39, 0.29) is 13.0 Å². The van der Waals surface area contributed by atoms with E-state index in [1.165, 1.54) is 0 Å². The fourth-order valence-corrected chi connectivity index (χ4v) is 2.06. The molecule has 1 aliphatic heterocycles. The number of aliphatic hydroxyl groups excluding tert-OH is 3. The van der Waals surface area contributed by atoms with Gasteiger partial charge in [0, 0.05) is 6.42 Å². The monoisotopic (exact) mass is 254 g/mol. The SMILES string of the molecule is OCC1O[C@H](O)CC(O)[C@@H]1OCc1ccccc1. The quantitative estimate of drug-likeness (QED) is 0.706. The van der Waals surface area contributed by atoms with E-state index in [2.05, 4.69) is 0 Å². The van der Waals surface area contributed by atoms with E-state index in [1.54, 1.807) is 0 Å². The molecule has 1 aromatic rings. The lowest BCUT2D eigenvalue weighted by Crippen LogP contribution is -2.51. The molecule has 1 heterocycles. The van der Waals surface area contributed by atoms with Crippen LogP contribution in [-0.4, -0.2) is 46.5 Å². The summed E-state index contributed by atoms with van der Waals surface area (Å²) >= 11 is 0. The highest BCUT2D eigenvalue weighted by atomic mass is 16.6. The van der Waals surface area contributed by atoms with Gasteiger partial charge in [-0.25, -0.2) is 0 Å². The molecular weight excluding hydrogens is 236 g/mol. The lowest BCUT2D eigenvalue weighted by molar-refractivity contribution is -0.252. The molecule has 5 heteroatoms. The van der Waals surface area contributed by atoms with Crippen molar-refractivity contribution in [1.29, 1.82) is 0 Å². The van der Waals surface area contributed by atoms with Gasteiger partial charge < -0.3 is 24.8 Å². The van der Waals surface area contributed by atoms with Gasteiger partial charge in [0.25, 0.3) is 0 Å². The minimum atomic E-state index is -1.05. The number of ether oxygens (including phenoxy) is 2. The Morgan fingerprint density at radius 3 is 2.61 bits per heavy atom. The van der Waals surface area contributed by atoms with E-state index in [9.17, 15) is 10.2 Å². The van der Waals surface area contributed by atoms with Gasteiger partial charge in [0.15, 0.2) is 6.29 Å². The lowest BCUT2D eigenvalue weighted by atomic mass is 10.0. The third kappa shape index (κ3) is 3.28. The summed E-state index contributed by atoms with van der Waals surface area (Å²) in [6, 6.07) is 9.55. The zero-order valence-corrected chi connectivity index (χ0v) is 9.98. The second-order valence-electron chi connectivity index (χ2n) is 4.38. The predicted octanol–water partition coefficient (Wildman–Crippen LogP) is 0.0323. The minimum absolute atomic E-state index is 0.0932. The number of aliphatic hydroxyl groups is 3. The number of hydrogen-bond donors (Lipinski definition) is 3. The molecule has 3 N–H and O–H groups in total. The van der Waals surface area contributed by atoms with Crippen molar-refractivity contribution >= 4 is 0 Å². The number of benzene rings is 1. The van der Waals surface area contributed by atoms with Crippen molar-refractivity contribution in [3.8, 4) is 0 Å². The molecule has 5 nitrogen and oxygen atoms in total. The van der Waals surface area contributed by atoms with Gasteiger partial charge in [-0.2, -0.15) is 0 Å². The number of rotatable bonds is 4. The van der Waals surface area contributed by atoms with E-state index in [4.69, 9.17) is 14.6 Å². The van der Waals surface area contributed by atoms with Crippen molar-refractivity contribution in [3.05, 3.63) is 35.9 Å². The van der Waals surface area contributed by atoms with Crippen LogP contribution in [0.4, 0.5) is 0 Å². The summed E-state index contributed by atoms with van der Waals surface area (Å²) < 4.78 is 10.7. The molecule has 1 fully saturated rings. The maximum absolute atomic E-state index is 9.84. The van der Waals surface area contributed by atoms with E-state index >= 15 is 0 Å². The van der Waals surface area contributed by atoms with Crippen LogP contribution < -0.4 is 0 Å². The van der Waals surface area contributed by atoms with Crippen LogP contribution in [0, 0.1) is 0 Å². The summed E-state index contributed by atoms with van der Waals surface area (Å²) in [5.74, 6) is 0. The van der Waals surface area contributed by atoms with Gasteiger partial charge in [0.1, 0.15) is 12.2 Å². The first-order chi connectivity index (χ1) is 8.70. The Labute approximate surface area is 106 Å². The molecule has 1 saturated heterocycles. The summed E-state index contributed by atoms with van der Waals surface area (Å²) in [5.41, 5.74) is 0.979. The van der Waals surface area contributed by atoms with Crippen LogP contribution in [0.15, 0.2) is 30.3 Å². The molecule has 0 aliphatic carbocycles. The molecule has 18 heavy (non-hydrogen) atoms. The van der Waals surface area contributed by atoms with Crippen molar-refractivity contribution < 1.29 is 24.8 Å². The molecule has 2 rings (SSSR count). The van der Waals surface area contributed by atoms with E-state index in [0.717, 1.165) is 5.56 Å². The predicted molar refractivity (Wildman–Crippen MR) is 63.6 cm³/mol. The van der Waals surface area contributed by atoms with Gasteiger partial charge in [0.05, 0.1) is 19.3 Å². The van der Waals surface area contributed by atoms with Crippen LogP contribution in [-0.2, 0) is 16.1 Å². The highest BCUT2D eigenvalue weighted by Gasteiger charge is 2.37. The molecule has 100 valence electrons. The second kappa shape index (κ2) is 6.26. The van der Waals surface area contributed by atoms with E-state index < -0.39 is 24.6 Å². The Morgan fingerprint density at radius 2 is 1.94 bits per heavy atom. The van der Waals surface area contributed by atoms with Gasteiger partial charge >= 0.3 is 0 Å². The molecule has 0 aromatic heterocycles. The van der Waals surface area contributed by atoms with Gasteiger partial charge in [-0.15, -0.1) is 0 Å². The van der Waals surface area contributed by atoms with Crippen LogP contribution >= 0.6 is 0 Å². The molecule has 1 aromatic carbocycles. The standard InChI is InChI=1S/C13H18O5/c14-7-11-13(10(15)6-12(16)18-11)17-8-9-4-2-1-3-5-9/h1-5,10-16H,6-8H2/t10?,11?,12-,13-/m0/s1. The molecule has 2 unspecified atom stereocenters. The molecular formula is C13H18O5. The van der Waals surface area contributed by atoms with Crippen LogP contribution in [0.2, 0.25) is 0 Å². The molecule has 4 atom stereocenters. The van der Waals surface area contributed by atoms with Crippen LogP contribution in [0.25, 0.3) is 0 Å². The summed E-state index contributed by atoms with van der Waals surface area (Å²) in [6.45, 7) is 0.0338. The first-order valence-electron chi connectivity index (χ1n) is 5.98. The minimum Gasteiger partial charge on any atom is -0.394 e. The van der Waals surface area contributed by atoms with Crippen LogP contribution in [0.3, 0.4) is 0 Å². The molecule has 0 bridgehead atoms. The maximum atomic E-state index is 9.84. The normalized spacial score (nSPS) is 32.4. The number of hydrogen-bond acceptors (Lipinski definition) is 5. The molecule has 0 amide bonds. The molecule has 0 saturated carbocycles. The second-order valence-corrected chi connectivity index (χ2v) is 4.38. The Bertz CT molecular complexity index is 356. The average molecular weight is 254 g/mol. The fraction of sp³-hybridized carbons (Fsp3) is 0.538. The summed E-state index contributed by atoms with van der Waals surface area (Å²) in [4.78, 5) is 0. The topological polar surface area (TPSA) is 79.2 Å².